The summed E-state index contributed by atoms with van der Waals surface area (Å²) in [6.45, 7) is 0.140. The van der Waals surface area contributed by atoms with Crippen LogP contribution in [-0.4, -0.2) is 4.92 Å². The summed E-state index contributed by atoms with van der Waals surface area (Å²) in [6, 6.07) is 7.46. The number of nitro groups is 1. The molecule has 2 aromatic carbocycles. The molecule has 2 aromatic rings. The molecule has 0 heterocycles. The summed E-state index contributed by atoms with van der Waals surface area (Å²) in [6.07, 6.45) is 0. The lowest BCUT2D eigenvalue weighted by molar-refractivity contribution is -0.385. The SMILES string of the molecule is O=[N+]([O-])c1cc(Br)cc(CNc2cc(F)ccc2F)c1. The summed E-state index contributed by atoms with van der Waals surface area (Å²) in [7, 11) is 0. The summed E-state index contributed by atoms with van der Waals surface area (Å²) >= 11 is 3.17. The first-order chi connectivity index (χ1) is 9.45. The second-order valence-electron chi connectivity index (χ2n) is 4.05. The van der Waals surface area contributed by atoms with Crippen LogP contribution in [0.1, 0.15) is 5.56 Å². The molecule has 0 aliphatic carbocycles. The van der Waals surface area contributed by atoms with Gasteiger partial charge in [0.2, 0.25) is 0 Å². The fourth-order valence-electron chi connectivity index (χ4n) is 1.67. The number of nitrogens with zero attached hydrogens (tertiary/aromatic N) is 1. The first kappa shape index (κ1) is 14.4. The lowest BCUT2D eigenvalue weighted by atomic mass is 10.2. The number of non-ortho nitro benzene ring substituents is 1. The number of rotatable bonds is 4. The Morgan fingerprint density at radius 2 is 1.95 bits per heavy atom. The van der Waals surface area contributed by atoms with Gasteiger partial charge in [0.15, 0.2) is 0 Å². The predicted octanol–water partition coefficient (Wildman–Crippen LogP) is 4.25. The van der Waals surface area contributed by atoms with E-state index in [1.807, 2.05) is 0 Å². The second-order valence-corrected chi connectivity index (χ2v) is 4.97. The van der Waals surface area contributed by atoms with Crippen molar-refractivity contribution in [3.63, 3.8) is 0 Å². The number of nitro benzene ring substituents is 1. The fourth-order valence-corrected chi connectivity index (χ4v) is 2.20. The molecule has 0 aliphatic rings. The number of nitrogens with one attached hydrogen (secondary N) is 1. The first-order valence-electron chi connectivity index (χ1n) is 5.58. The van der Waals surface area contributed by atoms with E-state index in [2.05, 4.69) is 21.2 Å². The van der Waals surface area contributed by atoms with Crippen LogP contribution in [0.5, 0.6) is 0 Å². The number of benzene rings is 2. The van der Waals surface area contributed by atoms with Crippen LogP contribution in [0.3, 0.4) is 0 Å². The minimum absolute atomic E-state index is 0.00706. The van der Waals surface area contributed by atoms with Crippen molar-refractivity contribution >= 4 is 27.3 Å². The van der Waals surface area contributed by atoms with E-state index in [0.29, 0.717) is 10.0 Å². The van der Waals surface area contributed by atoms with Gasteiger partial charge in [-0.05, 0) is 29.8 Å². The molecule has 4 nitrogen and oxygen atoms in total. The molecule has 0 saturated heterocycles. The number of hydrogen-bond donors (Lipinski definition) is 1. The Balaban J connectivity index is 2.18. The number of anilines is 1. The lowest BCUT2D eigenvalue weighted by Crippen LogP contribution is -2.02. The molecule has 0 amide bonds. The molecular formula is C13H9BrF2N2O2. The van der Waals surface area contributed by atoms with Crippen LogP contribution in [0, 0.1) is 21.7 Å². The Labute approximate surface area is 121 Å². The Kier molecular flexibility index (Phi) is 4.29. The second kappa shape index (κ2) is 5.96. The number of halogens is 3. The average Bonchev–Trinajstić information content (AvgIpc) is 2.39. The summed E-state index contributed by atoms with van der Waals surface area (Å²) < 4.78 is 27.0. The first-order valence-corrected chi connectivity index (χ1v) is 6.38. The maximum Gasteiger partial charge on any atom is 0.270 e. The zero-order chi connectivity index (χ0) is 14.7. The maximum atomic E-state index is 13.4. The highest BCUT2D eigenvalue weighted by Gasteiger charge is 2.09. The molecule has 2 rings (SSSR count). The molecule has 0 saturated carbocycles. The van der Waals surface area contributed by atoms with Gasteiger partial charge in [0.1, 0.15) is 11.6 Å². The Morgan fingerprint density at radius 1 is 1.20 bits per heavy atom. The van der Waals surface area contributed by atoms with E-state index in [-0.39, 0.29) is 17.9 Å². The van der Waals surface area contributed by atoms with E-state index in [1.165, 1.54) is 12.1 Å². The van der Waals surface area contributed by atoms with Gasteiger partial charge in [0.25, 0.3) is 5.69 Å². The third kappa shape index (κ3) is 3.51. The van der Waals surface area contributed by atoms with Crippen LogP contribution in [0.15, 0.2) is 40.9 Å². The molecule has 0 atom stereocenters. The van der Waals surface area contributed by atoms with E-state index in [0.717, 1.165) is 18.2 Å². The monoisotopic (exact) mass is 342 g/mol. The van der Waals surface area contributed by atoms with Crippen LogP contribution in [-0.2, 0) is 6.54 Å². The molecule has 7 heteroatoms. The van der Waals surface area contributed by atoms with Gasteiger partial charge in [0, 0.05) is 23.2 Å². The quantitative estimate of drug-likeness (QED) is 0.667. The highest BCUT2D eigenvalue weighted by atomic mass is 79.9. The van der Waals surface area contributed by atoms with E-state index in [1.54, 1.807) is 6.07 Å². The van der Waals surface area contributed by atoms with Crippen molar-refractivity contribution < 1.29 is 13.7 Å². The Bertz CT molecular complexity index is 665. The standard InChI is InChI=1S/C13H9BrF2N2O2/c14-9-3-8(4-11(5-9)18(19)20)7-17-13-6-10(15)1-2-12(13)16/h1-6,17H,7H2. The molecule has 0 unspecified atom stereocenters. The van der Waals surface area contributed by atoms with Crippen LogP contribution < -0.4 is 5.32 Å². The van der Waals surface area contributed by atoms with Gasteiger partial charge in [-0.3, -0.25) is 10.1 Å². The van der Waals surface area contributed by atoms with Crippen LogP contribution in [0.4, 0.5) is 20.2 Å². The minimum atomic E-state index is -0.587. The van der Waals surface area contributed by atoms with Crippen molar-refractivity contribution in [3.8, 4) is 0 Å². The van der Waals surface area contributed by atoms with Gasteiger partial charge in [-0.2, -0.15) is 0 Å². The zero-order valence-electron chi connectivity index (χ0n) is 10.1. The average molecular weight is 343 g/mol. The van der Waals surface area contributed by atoms with E-state index in [4.69, 9.17) is 0 Å². The third-order valence-electron chi connectivity index (χ3n) is 2.56. The molecule has 0 bridgehead atoms. The molecule has 1 N–H and O–H groups in total. The van der Waals surface area contributed by atoms with Gasteiger partial charge in [0.05, 0.1) is 10.6 Å². The maximum absolute atomic E-state index is 13.4. The predicted molar refractivity (Wildman–Crippen MR) is 74.5 cm³/mol. The van der Waals surface area contributed by atoms with Gasteiger partial charge in [-0.25, -0.2) is 8.78 Å². The van der Waals surface area contributed by atoms with Gasteiger partial charge < -0.3 is 5.32 Å². The summed E-state index contributed by atoms with van der Waals surface area (Å²) in [5.41, 5.74) is 0.512. The normalized spacial score (nSPS) is 10.3. The van der Waals surface area contributed by atoms with Gasteiger partial charge in [-0.1, -0.05) is 15.9 Å². The summed E-state index contributed by atoms with van der Waals surface area (Å²) in [4.78, 5) is 10.2. The van der Waals surface area contributed by atoms with Crippen molar-refractivity contribution in [1.29, 1.82) is 0 Å². The molecule has 0 aliphatic heterocycles. The van der Waals surface area contributed by atoms with Crippen LogP contribution >= 0.6 is 15.9 Å². The highest BCUT2D eigenvalue weighted by Crippen LogP contribution is 2.23. The van der Waals surface area contributed by atoms with Gasteiger partial charge >= 0.3 is 0 Å². The minimum Gasteiger partial charge on any atom is -0.379 e. The molecular weight excluding hydrogens is 334 g/mol. The Hall–Kier alpha value is -2.02. The van der Waals surface area contributed by atoms with E-state index < -0.39 is 16.6 Å². The largest absolute Gasteiger partial charge is 0.379 e. The molecule has 20 heavy (non-hydrogen) atoms. The van der Waals surface area contributed by atoms with Crippen molar-refractivity contribution in [3.05, 3.63) is 68.2 Å². The van der Waals surface area contributed by atoms with Crippen molar-refractivity contribution in [2.45, 2.75) is 6.54 Å². The van der Waals surface area contributed by atoms with Crippen molar-refractivity contribution in [2.24, 2.45) is 0 Å². The molecule has 0 radical (unpaired) electrons. The van der Waals surface area contributed by atoms with Crippen LogP contribution in [0.2, 0.25) is 0 Å². The molecule has 0 fully saturated rings. The van der Waals surface area contributed by atoms with Crippen molar-refractivity contribution in [2.75, 3.05) is 5.32 Å². The molecule has 0 spiro atoms. The Morgan fingerprint density at radius 3 is 2.65 bits per heavy atom. The van der Waals surface area contributed by atoms with Crippen molar-refractivity contribution in [1.82, 2.24) is 0 Å². The highest BCUT2D eigenvalue weighted by molar-refractivity contribution is 9.10. The smallest absolute Gasteiger partial charge is 0.270 e. The van der Waals surface area contributed by atoms with Crippen LogP contribution in [0.25, 0.3) is 0 Å². The topological polar surface area (TPSA) is 55.2 Å². The molecule has 104 valence electrons. The van der Waals surface area contributed by atoms with E-state index in [9.17, 15) is 18.9 Å². The summed E-state index contributed by atoms with van der Waals surface area (Å²) in [5.74, 6) is -1.15. The zero-order valence-corrected chi connectivity index (χ0v) is 11.7. The third-order valence-corrected chi connectivity index (χ3v) is 3.02. The van der Waals surface area contributed by atoms with Gasteiger partial charge in [-0.15, -0.1) is 0 Å². The summed E-state index contributed by atoms with van der Waals surface area (Å²) in [5, 5.41) is 13.4. The van der Waals surface area contributed by atoms with E-state index >= 15 is 0 Å². The lowest BCUT2D eigenvalue weighted by Gasteiger charge is -2.08. The fraction of sp³-hybridized carbons (Fsp3) is 0.0769. The number of hydrogen-bond acceptors (Lipinski definition) is 3. The molecule has 0 aromatic heterocycles.